The van der Waals surface area contributed by atoms with Crippen LogP contribution in [0.25, 0.3) is 0 Å². The minimum atomic E-state index is 0.203. The Bertz CT molecular complexity index is 296. The van der Waals surface area contributed by atoms with Gasteiger partial charge in [0, 0.05) is 31.7 Å². The zero-order valence-corrected chi connectivity index (χ0v) is 12.1. The van der Waals surface area contributed by atoms with Crippen molar-refractivity contribution in [2.75, 3.05) is 32.8 Å². The van der Waals surface area contributed by atoms with Crippen LogP contribution in [-0.4, -0.2) is 49.8 Å². The van der Waals surface area contributed by atoms with Crippen molar-refractivity contribution >= 4 is 0 Å². The van der Waals surface area contributed by atoms with Crippen molar-refractivity contribution in [1.82, 2.24) is 10.2 Å². The van der Waals surface area contributed by atoms with Crippen molar-refractivity contribution in [3.05, 3.63) is 0 Å². The van der Waals surface area contributed by atoms with Crippen molar-refractivity contribution in [2.24, 2.45) is 5.92 Å². The van der Waals surface area contributed by atoms with Gasteiger partial charge in [0.2, 0.25) is 0 Å². The molecule has 1 saturated heterocycles. The summed E-state index contributed by atoms with van der Waals surface area (Å²) in [6.07, 6.45) is 5.99. The molecule has 0 aromatic rings. The summed E-state index contributed by atoms with van der Waals surface area (Å²) < 4.78 is 5.38. The minimum absolute atomic E-state index is 0.203. The molecule has 0 aromatic heterocycles. The highest BCUT2D eigenvalue weighted by atomic mass is 16.5. The van der Waals surface area contributed by atoms with Crippen molar-refractivity contribution < 1.29 is 4.74 Å². The van der Waals surface area contributed by atoms with E-state index in [1.54, 1.807) is 0 Å². The van der Waals surface area contributed by atoms with E-state index in [0.29, 0.717) is 12.1 Å². The summed E-state index contributed by atoms with van der Waals surface area (Å²) in [7, 11) is 0. The average molecular weight is 265 g/mol. The van der Waals surface area contributed by atoms with Crippen molar-refractivity contribution in [3.8, 4) is 6.07 Å². The van der Waals surface area contributed by atoms with E-state index >= 15 is 0 Å². The molecular weight excluding hydrogens is 238 g/mol. The van der Waals surface area contributed by atoms with Crippen LogP contribution in [0.1, 0.15) is 39.0 Å². The number of ether oxygens (including phenoxy) is 1. The largest absolute Gasteiger partial charge is 0.379 e. The van der Waals surface area contributed by atoms with Crippen LogP contribution >= 0.6 is 0 Å². The predicted octanol–water partition coefficient (Wildman–Crippen LogP) is 1.77. The first kappa shape index (κ1) is 14.8. The van der Waals surface area contributed by atoms with E-state index in [-0.39, 0.29) is 5.92 Å². The van der Waals surface area contributed by atoms with Crippen LogP contribution in [0.2, 0.25) is 0 Å². The molecule has 4 nitrogen and oxygen atoms in total. The molecule has 1 heterocycles. The fourth-order valence-corrected chi connectivity index (χ4v) is 3.25. The second kappa shape index (κ2) is 7.84. The Morgan fingerprint density at radius 3 is 2.74 bits per heavy atom. The quantitative estimate of drug-likeness (QED) is 0.787. The SMILES string of the molecule is CC(CN1CCOCC1)NC1CCCCCC1C#N. The maximum atomic E-state index is 9.30. The van der Waals surface area contributed by atoms with Crippen LogP contribution in [0.15, 0.2) is 0 Å². The number of morpholine rings is 1. The van der Waals surface area contributed by atoms with Gasteiger partial charge in [0.25, 0.3) is 0 Å². The van der Waals surface area contributed by atoms with Gasteiger partial charge in [0.15, 0.2) is 0 Å². The molecule has 19 heavy (non-hydrogen) atoms. The zero-order chi connectivity index (χ0) is 13.5. The van der Waals surface area contributed by atoms with Gasteiger partial charge in [-0.1, -0.05) is 19.3 Å². The molecule has 108 valence electrons. The van der Waals surface area contributed by atoms with E-state index in [0.717, 1.165) is 45.7 Å². The molecule has 3 unspecified atom stereocenters. The molecular formula is C15H27N3O. The van der Waals surface area contributed by atoms with E-state index in [1.165, 1.54) is 19.3 Å². The van der Waals surface area contributed by atoms with Crippen LogP contribution in [0.3, 0.4) is 0 Å². The third-order valence-electron chi connectivity index (χ3n) is 4.32. The lowest BCUT2D eigenvalue weighted by Crippen LogP contribution is -2.48. The Balaban J connectivity index is 1.78. The summed E-state index contributed by atoms with van der Waals surface area (Å²) in [5, 5.41) is 13.0. The number of hydrogen-bond donors (Lipinski definition) is 1. The van der Waals surface area contributed by atoms with Gasteiger partial charge in [-0.15, -0.1) is 0 Å². The zero-order valence-electron chi connectivity index (χ0n) is 12.1. The first-order valence-corrected chi connectivity index (χ1v) is 7.75. The number of nitriles is 1. The normalized spacial score (nSPS) is 31.4. The molecule has 1 saturated carbocycles. The summed E-state index contributed by atoms with van der Waals surface area (Å²) in [4.78, 5) is 2.46. The Morgan fingerprint density at radius 2 is 2.00 bits per heavy atom. The van der Waals surface area contributed by atoms with Crippen molar-refractivity contribution in [1.29, 1.82) is 5.26 Å². The lowest BCUT2D eigenvalue weighted by molar-refractivity contribution is 0.0335. The highest BCUT2D eigenvalue weighted by Gasteiger charge is 2.25. The molecule has 0 spiro atoms. The lowest BCUT2D eigenvalue weighted by atomic mass is 9.95. The summed E-state index contributed by atoms with van der Waals surface area (Å²) in [5.74, 6) is 0.203. The van der Waals surface area contributed by atoms with Gasteiger partial charge in [0.05, 0.1) is 25.2 Å². The van der Waals surface area contributed by atoms with E-state index in [2.05, 4.69) is 23.2 Å². The number of hydrogen-bond acceptors (Lipinski definition) is 4. The number of nitrogens with one attached hydrogen (secondary N) is 1. The number of rotatable bonds is 4. The highest BCUT2D eigenvalue weighted by molar-refractivity contribution is 4.94. The molecule has 2 aliphatic rings. The lowest BCUT2D eigenvalue weighted by Gasteiger charge is -2.32. The minimum Gasteiger partial charge on any atom is -0.379 e. The standard InChI is InChI=1S/C15H27N3O/c1-13(12-18-7-9-19-10-8-18)17-15-6-4-2-3-5-14(15)11-16/h13-15,17H,2-10,12H2,1H3. The maximum Gasteiger partial charge on any atom is 0.0672 e. The smallest absolute Gasteiger partial charge is 0.0672 e. The van der Waals surface area contributed by atoms with Gasteiger partial charge < -0.3 is 10.1 Å². The monoisotopic (exact) mass is 265 g/mol. The second-order valence-electron chi connectivity index (χ2n) is 5.96. The Hall–Kier alpha value is -0.630. The average Bonchev–Trinajstić information content (AvgIpc) is 2.64. The third-order valence-corrected chi connectivity index (χ3v) is 4.32. The molecule has 0 bridgehead atoms. The first-order valence-electron chi connectivity index (χ1n) is 7.75. The van der Waals surface area contributed by atoms with Crippen LogP contribution in [-0.2, 0) is 4.74 Å². The fourth-order valence-electron chi connectivity index (χ4n) is 3.25. The molecule has 0 radical (unpaired) electrons. The Kier molecular flexibility index (Phi) is 6.09. The molecule has 1 aliphatic heterocycles. The molecule has 4 heteroatoms. The van der Waals surface area contributed by atoms with Crippen LogP contribution in [0.5, 0.6) is 0 Å². The van der Waals surface area contributed by atoms with Gasteiger partial charge in [-0.25, -0.2) is 0 Å². The Morgan fingerprint density at radius 1 is 1.26 bits per heavy atom. The van der Waals surface area contributed by atoms with E-state index < -0.39 is 0 Å². The topological polar surface area (TPSA) is 48.3 Å². The molecule has 1 N–H and O–H groups in total. The Labute approximate surface area is 117 Å². The van der Waals surface area contributed by atoms with E-state index in [9.17, 15) is 5.26 Å². The predicted molar refractivity (Wildman–Crippen MR) is 75.8 cm³/mol. The van der Waals surface area contributed by atoms with Crippen molar-refractivity contribution in [3.63, 3.8) is 0 Å². The van der Waals surface area contributed by atoms with Crippen LogP contribution in [0.4, 0.5) is 0 Å². The fraction of sp³-hybridized carbons (Fsp3) is 0.933. The van der Waals surface area contributed by atoms with Gasteiger partial charge in [-0.2, -0.15) is 5.26 Å². The third kappa shape index (κ3) is 4.76. The number of nitrogens with zero attached hydrogens (tertiary/aromatic N) is 2. The summed E-state index contributed by atoms with van der Waals surface area (Å²) in [6.45, 7) is 7.11. The summed E-state index contributed by atoms with van der Waals surface area (Å²) >= 11 is 0. The van der Waals surface area contributed by atoms with Crippen LogP contribution in [0, 0.1) is 17.2 Å². The molecule has 0 aromatic carbocycles. The van der Waals surface area contributed by atoms with Crippen molar-refractivity contribution in [2.45, 2.75) is 51.1 Å². The summed E-state index contributed by atoms with van der Waals surface area (Å²) in [6, 6.07) is 3.35. The van der Waals surface area contributed by atoms with Gasteiger partial charge >= 0.3 is 0 Å². The van der Waals surface area contributed by atoms with Gasteiger partial charge in [-0.05, 0) is 19.8 Å². The summed E-state index contributed by atoms with van der Waals surface area (Å²) in [5.41, 5.74) is 0. The maximum absolute atomic E-state index is 9.30. The van der Waals surface area contributed by atoms with E-state index in [1.807, 2.05) is 0 Å². The molecule has 2 fully saturated rings. The van der Waals surface area contributed by atoms with E-state index in [4.69, 9.17) is 4.74 Å². The van der Waals surface area contributed by atoms with Gasteiger partial charge in [0.1, 0.15) is 0 Å². The molecule has 0 amide bonds. The molecule has 1 aliphatic carbocycles. The molecule has 3 atom stereocenters. The second-order valence-corrected chi connectivity index (χ2v) is 5.96. The van der Waals surface area contributed by atoms with Crippen LogP contribution < -0.4 is 5.32 Å². The molecule has 2 rings (SSSR count). The first-order chi connectivity index (χ1) is 9.29. The van der Waals surface area contributed by atoms with Gasteiger partial charge in [-0.3, -0.25) is 4.90 Å². The highest BCUT2D eigenvalue weighted by Crippen LogP contribution is 2.23.